The first-order valence-electron chi connectivity index (χ1n) is 10.4. The normalized spacial score (nSPS) is 15.9. The number of sulfonamides is 1. The van der Waals surface area contributed by atoms with E-state index in [2.05, 4.69) is 9.71 Å². The number of carboxylic acid groups (broad SMARTS) is 1. The molecule has 11 nitrogen and oxygen atoms in total. The van der Waals surface area contributed by atoms with Crippen molar-refractivity contribution in [2.45, 2.75) is 18.4 Å². The molecule has 2 aromatic rings. The fourth-order valence-electron chi connectivity index (χ4n) is 3.70. The highest BCUT2D eigenvalue weighted by Gasteiger charge is 2.26. The second-order valence-electron chi connectivity index (χ2n) is 7.64. The van der Waals surface area contributed by atoms with Gasteiger partial charge in [0.15, 0.2) is 11.5 Å². The number of piperazine rings is 1. The highest BCUT2D eigenvalue weighted by Crippen LogP contribution is 2.36. The summed E-state index contributed by atoms with van der Waals surface area (Å²) in [4.78, 5) is 31.1. The molecule has 12 heteroatoms. The number of benzene rings is 1. The number of nitrogens with one attached hydrogen (secondary N) is 1. The van der Waals surface area contributed by atoms with Crippen molar-refractivity contribution in [3.63, 3.8) is 0 Å². The Morgan fingerprint density at radius 2 is 1.85 bits per heavy atom. The van der Waals surface area contributed by atoms with Crippen LogP contribution in [0.25, 0.3) is 0 Å². The van der Waals surface area contributed by atoms with Gasteiger partial charge in [0.05, 0.1) is 4.90 Å². The van der Waals surface area contributed by atoms with E-state index in [9.17, 15) is 23.1 Å². The van der Waals surface area contributed by atoms with Crippen LogP contribution in [0.15, 0.2) is 35.4 Å². The predicted molar refractivity (Wildman–Crippen MR) is 117 cm³/mol. The Balaban J connectivity index is 1.48. The first-order chi connectivity index (χ1) is 15.7. The first kappa shape index (κ1) is 22.8. The lowest BCUT2D eigenvalue weighted by Crippen LogP contribution is -2.48. The number of ether oxygens (including phenoxy) is 2. The fourth-order valence-corrected chi connectivity index (χ4v) is 4.76. The van der Waals surface area contributed by atoms with Crippen molar-refractivity contribution in [3.05, 3.63) is 41.6 Å². The summed E-state index contributed by atoms with van der Waals surface area (Å²) in [5.74, 6) is -0.468. The second-order valence-corrected chi connectivity index (χ2v) is 9.41. The number of pyridine rings is 1. The highest BCUT2D eigenvalue weighted by molar-refractivity contribution is 7.89. The molecular weight excluding hydrogens is 452 g/mol. The van der Waals surface area contributed by atoms with Crippen LogP contribution in [-0.4, -0.2) is 74.7 Å². The third-order valence-corrected chi connectivity index (χ3v) is 6.86. The Bertz CT molecular complexity index is 1180. The van der Waals surface area contributed by atoms with Crippen LogP contribution < -0.4 is 19.1 Å². The molecule has 0 atom stereocenters. The zero-order valence-electron chi connectivity index (χ0n) is 18.0. The summed E-state index contributed by atoms with van der Waals surface area (Å²) in [5, 5.41) is 9.46. The van der Waals surface area contributed by atoms with E-state index < -0.39 is 16.0 Å². The predicted octanol–water partition coefficient (Wildman–Crippen LogP) is 0.698. The molecule has 0 unspecified atom stereocenters. The number of rotatable bonds is 6. The quantitative estimate of drug-likeness (QED) is 0.617. The molecule has 1 fully saturated rings. The SMILES string of the molecule is CC(=O)N1CCN(c2cc(CNS(=O)(=O)c3cc4c(c(C(=O)O)c3)OCCO4)ccn2)CC1. The minimum Gasteiger partial charge on any atom is -0.486 e. The molecule has 0 radical (unpaired) electrons. The molecule has 0 saturated carbocycles. The van der Waals surface area contributed by atoms with Gasteiger partial charge in [0, 0.05) is 51.9 Å². The summed E-state index contributed by atoms with van der Waals surface area (Å²) in [6.07, 6.45) is 1.60. The molecule has 1 aromatic carbocycles. The second kappa shape index (κ2) is 9.24. The summed E-state index contributed by atoms with van der Waals surface area (Å²) in [7, 11) is -4.03. The van der Waals surface area contributed by atoms with E-state index in [0.29, 0.717) is 37.6 Å². The van der Waals surface area contributed by atoms with E-state index in [0.717, 1.165) is 6.07 Å². The topological polar surface area (TPSA) is 138 Å². The largest absolute Gasteiger partial charge is 0.486 e. The van der Waals surface area contributed by atoms with Crippen molar-refractivity contribution in [1.29, 1.82) is 0 Å². The Kier molecular flexibility index (Phi) is 6.38. The molecule has 1 saturated heterocycles. The smallest absolute Gasteiger partial charge is 0.339 e. The van der Waals surface area contributed by atoms with E-state index in [1.165, 1.54) is 6.07 Å². The maximum absolute atomic E-state index is 12.9. The Hall–Kier alpha value is -3.38. The van der Waals surface area contributed by atoms with Crippen LogP contribution in [0.5, 0.6) is 11.5 Å². The summed E-state index contributed by atoms with van der Waals surface area (Å²) in [6.45, 7) is 4.39. The van der Waals surface area contributed by atoms with E-state index in [4.69, 9.17) is 9.47 Å². The average Bonchev–Trinajstić information content (AvgIpc) is 2.82. The van der Waals surface area contributed by atoms with Gasteiger partial charge in [0.2, 0.25) is 15.9 Å². The van der Waals surface area contributed by atoms with Gasteiger partial charge in [-0.3, -0.25) is 4.79 Å². The van der Waals surface area contributed by atoms with E-state index >= 15 is 0 Å². The zero-order chi connectivity index (χ0) is 23.6. The van der Waals surface area contributed by atoms with Crippen molar-refractivity contribution >= 4 is 27.7 Å². The number of carbonyl (C=O) groups excluding carboxylic acids is 1. The Morgan fingerprint density at radius 3 is 2.55 bits per heavy atom. The van der Waals surface area contributed by atoms with Crippen LogP contribution in [0.3, 0.4) is 0 Å². The number of aromatic carboxylic acids is 1. The molecule has 0 spiro atoms. The highest BCUT2D eigenvalue weighted by atomic mass is 32.2. The number of hydrogen-bond acceptors (Lipinski definition) is 8. The molecule has 176 valence electrons. The van der Waals surface area contributed by atoms with Crippen LogP contribution in [-0.2, 0) is 21.4 Å². The lowest BCUT2D eigenvalue weighted by atomic mass is 10.2. The van der Waals surface area contributed by atoms with Gasteiger partial charge in [0.25, 0.3) is 0 Å². The van der Waals surface area contributed by atoms with Gasteiger partial charge < -0.3 is 24.4 Å². The summed E-state index contributed by atoms with van der Waals surface area (Å²) >= 11 is 0. The summed E-state index contributed by atoms with van der Waals surface area (Å²) in [6, 6.07) is 5.81. The molecule has 2 N–H and O–H groups in total. The maximum Gasteiger partial charge on any atom is 0.339 e. The van der Waals surface area contributed by atoms with Gasteiger partial charge >= 0.3 is 5.97 Å². The average molecular weight is 477 g/mol. The lowest BCUT2D eigenvalue weighted by molar-refractivity contribution is -0.129. The van der Waals surface area contributed by atoms with Crippen LogP contribution in [0.2, 0.25) is 0 Å². The molecule has 4 rings (SSSR count). The number of nitrogens with zero attached hydrogens (tertiary/aromatic N) is 3. The molecular formula is C21H24N4O7S. The number of carboxylic acids is 1. The Labute approximate surface area is 191 Å². The lowest BCUT2D eigenvalue weighted by Gasteiger charge is -2.35. The van der Waals surface area contributed by atoms with Crippen molar-refractivity contribution in [1.82, 2.24) is 14.6 Å². The maximum atomic E-state index is 12.9. The van der Waals surface area contributed by atoms with E-state index in [-0.39, 0.29) is 47.6 Å². The van der Waals surface area contributed by atoms with Gasteiger partial charge in [-0.15, -0.1) is 0 Å². The molecule has 33 heavy (non-hydrogen) atoms. The van der Waals surface area contributed by atoms with E-state index in [1.807, 2.05) is 4.90 Å². The van der Waals surface area contributed by atoms with Crippen LogP contribution in [0, 0.1) is 0 Å². The van der Waals surface area contributed by atoms with Crippen molar-refractivity contribution in [2.24, 2.45) is 0 Å². The van der Waals surface area contributed by atoms with Gasteiger partial charge in [-0.25, -0.2) is 22.9 Å². The molecule has 3 heterocycles. The van der Waals surface area contributed by atoms with Gasteiger partial charge in [-0.2, -0.15) is 0 Å². The number of amides is 1. The Morgan fingerprint density at radius 1 is 1.12 bits per heavy atom. The number of fused-ring (bicyclic) bond motifs is 1. The molecule has 1 amide bonds. The molecule has 1 aromatic heterocycles. The number of anilines is 1. The van der Waals surface area contributed by atoms with Crippen molar-refractivity contribution in [2.75, 3.05) is 44.3 Å². The number of hydrogen-bond donors (Lipinski definition) is 2. The molecule has 2 aliphatic heterocycles. The van der Waals surface area contributed by atoms with Crippen LogP contribution >= 0.6 is 0 Å². The van der Waals surface area contributed by atoms with Crippen LogP contribution in [0.4, 0.5) is 5.82 Å². The summed E-state index contributed by atoms with van der Waals surface area (Å²) < 4.78 is 39.0. The number of aromatic nitrogens is 1. The van der Waals surface area contributed by atoms with Crippen LogP contribution in [0.1, 0.15) is 22.8 Å². The van der Waals surface area contributed by atoms with E-state index in [1.54, 1.807) is 30.2 Å². The zero-order valence-corrected chi connectivity index (χ0v) is 18.8. The third kappa shape index (κ3) is 5.01. The summed E-state index contributed by atoms with van der Waals surface area (Å²) in [5.41, 5.74) is 0.414. The van der Waals surface area contributed by atoms with Crippen molar-refractivity contribution in [3.8, 4) is 11.5 Å². The minimum absolute atomic E-state index is 0.0118. The fraction of sp³-hybridized carbons (Fsp3) is 0.381. The standard InChI is InChI=1S/C21H24N4O7S/c1-14(26)24-4-6-25(7-5-24)19-10-15(2-3-22-19)13-23-33(29,30)16-11-17(21(27)28)20-18(12-16)31-8-9-32-20/h2-3,10-12,23H,4-9,13H2,1H3,(H,27,28). The van der Waals surface area contributed by atoms with Gasteiger partial charge in [-0.05, 0) is 23.8 Å². The third-order valence-electron chi connectivity index (χ3n) is 5.48. The minimum atomic E-state index is -4.03. The van der Waals surface area contributed by atoms with Gasteiger partial charge in [-0.1, -0.05) is 0 Å². The van der Waals surface area contributed by atoms with Crippen molar-refractivity contribution < 1.29 is 32.6 Å². The number of carbonyl (C=O) groups is 2. The monoisotopic (exact) mass is 476 g/mol. The first-order valence-corrected chi connectivity index (χ1v) is 11.8. The van der Waals surface area contributed by atoms with Gasteiger partial charge in [0.1, 0.15) is 24.6 Å². The molecule has 0 bridgehead atoms. The molecule has 2 aliphatic rings. The molecule has 0 aliphatic carbocycles.